The van der Waals surface area contributed by atoms with Crippen LogP contribution in [0.2, 0.25) is 0 Å². The molecule has 4 amide bonds. The molecule has 5 saturated heterocycles. The number of imide groups is 2. The van der Waals surface area contributed by atoms with Crippen LogP contribution in [-0.2, 0) is 9.59 Å². The van der Waals surface area contributed by atoms with E-state index >= 15 is 8.78 Å². The van der Waals surface area contributed by atoms with E-state index in [1.807, 2.05) is 6.07 Å². The minimum atomic E-state index is -0.996. The predicted molar refractivity (Wildman–Crippen MR) is 252 cm³/mol. The fourth-order valence-electron chi connectivity index (χ4n) is 12.0. The third-order valence-electron chi connectivity index (χ3n) is 16.2. The zero-order chi connectivity index (χ0) is 47.3. The van der Waals surface area contributed by atoms with Gasteiger partial charge in [-0.05, 0) is 118 Å². The van der Waals surface area contributed by atoms with Gasteiger partial charge in [-0.3, -0.25) is 34.4 Å². The number of likely N-dealkylation sites (tertiary alicyclic amines) is 1. The number of carbonyl (C=O) groups excluding carboxylic acids is 4. The summed E-state index contributed by atoms with van der Waals surface area (Å²) in [5.74, 6) is -0.592. The van der Waals surface area contributed by atoms with Crippen LogP contribution in [0.4, 0.5) is 20.3 Å². The van der Waals surface area contributed by atoms with Crippen LogP contribution in [0.1, 0.15) is 90.5 Å². The van der Waals surface area contributed by atoms with Gasteiger partial charge in [0.1, 0.15) is 34.6 Å². The summed E-state index contributed by atoms with van der Waals surface area (Å²) in [7, 11) is 0. The molecule has 2 bridgehead atoms. The Morgan fingerprint density at radius 3 is 2.30 bits per heavy atom. The molecule has 7 aliphatic rings. The topological polar surface area (TPSA) is 173 Å². The number of aromatic nitrogens is 3. The number of carbonyl (C=O) groups is 4. The Kier molecular flexibility index (Phi) is 10.4. The van der Waals surface area contributed by atoms with Gasteiger partial charge in [0.2, 0.25) is 11.8 Å². The van der Waals surface area contributed by atoms with E-state index in [1.54, 1.807) is 18.3 Å². The molecule has 6 aliphatic heterocycles. The van der Waals surface area contributed by atoms with Crippen molar-refractivity contribution in [2.24, 2.45) is 10.8 Å². The second-order valence-electron chi connectivity index (χ2n) is 20.4. The average Bonchev–Trinajstić information content (AvgIpc) is 3.97. The number of benzene rings is 3. The molecule has 1 saturated carbocycles. The summed E-state index contributed by atoms with van der Waals surface area (Å²) in [4.78, 5) is 73.3. The second kappa shape index (κ2) is 16.4. The first kappa shape index (κ1) is 43.5. The number of halogens is 2. The number of anilines is 2. The fourth-order valence-corrected chi connectivity index (χ4v) is 12.0. The first-order valence-corrected chi connectivity index (χ1v) is 24.1. The molecule has 0 radical (unpaired) electrons. The normalized spacial score (nSPS) is 24.0. The van der Waals surface area contributed by atoms with E-state index in [-0.39, 0.29) is 80.8 Å². The summed E-state index contributed by atoms with van der Waals surface area (Å²) in [6.07, 6.45) is 15.7. The van der Waals surface area contributed by atoms with Crippen molar-refractivity contribution in [2.45, 2.75) is 82.3 Å². The fraction of sp³-hybridized carbons (Fsp3) is 0.442. The summed E-state index contributed by atoms with van der Waals surface area (Å²) in [6, 6.07) is 10.5. The predicted octanol–water partition coefficient (Wildman–Crippen LogP) is 5.69. The molecular formula is C52H51F2N9O6. The minimum Gasteiger partial charge on any atom is -0.508 e. The number of nitrogens with zero attached hydrogens (tertiary/aromatic N) is 7. The van der Waals surface area contributed by atoms with Crippen LogP contribution in [0.5, 0.6) is 11.8 Å². The molecule has 2 aromatic heterocycles. The SMILES string of the molecule is C#Cc1c(F)ccc2cc(O)cc(-c3ncc4c(N5CC6CCC(C5)N6)nc(OCC5(CN6CCC7(CC6)CCN(c6ccc8c(c6)C(=O)N(C6CCC(=O)NC6=O)C8=O)CC7)CC5)nc4c3F)c12. The van der Waals surface area contributed by atoms with Crippen LogP contribution < -0.4 is 25.2 Å². The zero-order valence-electron chi connectivity index (χ0n) is 38.0. The maximum Gasteiger partial charge on any atom is 0.319 e. The van der Waals surface area contributed by atoms with E-state index in [4.69, 9.17) is 21.1 Å². The van der Waals surface area contributed by atoms with Gasteiger partial charge in [-0.1, -0.05) is 12.0 Å². The quantitative estimate of drug-likeness (QED) is 0.122. The largest absolute Gasteiger partial charge is 0.508 e. The Morgan fingerprint density at radius 1 is 0.841 bits per heavy atom. The monoisotopic (exact) mass is 935 g/mol. The van der Waals surface area contributed by atoms with Gasteiger partial charge in [0.25, 0.3) is 11.8 Å². The Morgan fingerprint density at radius 2 is 1.58 bits per heavy atom. The molecule has 1 spiro atoms. The van der Waals surface area contributed by atoms with E-state index in [1.165, 1.54) is 24.3 Å². The number of phenolic OH excluding ortho intramolecular Hbond substituents is 1. The lowest BCUT2D eigenvalue weighted by Crippen LogP contribution is -2.54. The molecule has 3 N–H and O–H groups in total. The second-order valence-corrected chi connectivity index (χ2v) is 20.4. The van der Waals surface area contributed by atoms with Crippen LogP contribution in [0.15, 0.2) is 48.7 Å². The van der Waals surface area contributed by atoms with Crippen LogP contribution in [0, 0.1) is 34.8 Å². The molecule has 5 aromatic rings. The highest BCUT2D eigenvalue weighted by molar-refractivity contribution is 6.23. The number of amides is 4. The molecular weight excluding hydrogens is 885 g/mol. The van der Waals surface area contributed by atoms with Gasteiger partial charge in [-0.25, -0.2) is 8.78 Å². The standard InChI is InChI=1S/C52H51F2N9O6/c1-2-34-39(53)8-3-29-21-33(64)23-37(42(29)34)44-43(54)45-38(24-55-44)46(62-25-30-4-5-31(26-62)56-30)59-50(58-45)69-28-52(11-12-52)27-60-17-13-51(14-18-60)15-19-61(20-16-51)32-6-7-35-36(22-32)49(68)63(48(35)67)40-9-10-41(65)57-47(40)66/h1,3,6-8,21-24,30-31,40,56,64H,4-5,9-20,25-28H2,(H,57,65,66). The van der Waals surface area contributed by atoms with Crippen molar-refractivity contribution in [3.05, 3.63) is 77.0 Å². The van der Waals surface area contributed by atoms with E-state index in [2.05, 4.69) is 36.2 Å². The van der Waals surface area contributed by atoms with Crippen molar-refractivity contribution in [3.8, 4) is 35.4 Å². The highest BCUT2D eigenvalue weighted by Gasteiger charge is 2.48. The molecule has 3 unspecified atom stereocenters. The number of phenols is 1. The van der Waals surface area contributed by atoms with Gasteiger partial charge in [-0.2, -0.15) is 9.97 Å². The average molecular weight is 936 g/mol. The van der Waals surface area contributed by atoms with Crippen LogP contribution >= 0.6 is 0 Å². The number of fused-ring (bicyclic) bond motifs is 5. The number of terminal acetylenes is 1. The summed E-state index contributed by atoms with van der Waals surface area (Å²) in [5.41, 5.74) is 1.59. The Balaban J connectivity index is 0.726. The molecule has 15 nitrogen and oxygen atoms in total. The summed E-state index contributed by atoms with van der Waals surface area (Å²) in [6.45, 7) is 6.21. The molecule has 69 heavy (non-hydrogen) atoms. The van der Waals surface area contributed by atoms with Gasteiger partial charge in [0.15, 0.2) is 5.82 Å². The molecule has 8 heterocycles. The Bertz CT molecular complexity index is 3050. The molecule has 12 rings (SSSR count). The van der Waals surface area contributed by atoms with Gasteiger partial charge in [0.05, 0.1) is 28.7 Å². The number of pyridine rings is 1. The third kappa shape index (κ3) is 7.59. The van der Waals surface area contributed by atoms with Crippen molar-refractivity contribution in [3.63, 3.8) is 0 Å². The zero-order valence-corrected chi connectivity index (χ0v) is 38.0. The lowest BCUT2D eigenvalue weighted by molar-refractivity contribution is -0.136. The molecule has 6 fully saturated rings. The minimum absolute atomic E-state index is 0.0226. The lowest BCUT2D eigenvalue weighted by Gasteiger charge is -2.48. The number of ether oxygens (including phenoxy) is 1. The van der Waals surface area contributed by atoms with E-state index in [0.717, 1.165) is 94.7 Å². The van der Waals surface area contributed by atoms with E-state index in [0.29, 0.717) is 41.9 Å². The van der Waals surface area contributed by atoms with Crippen LogP contribution in [0.25, 0.3) is 32.9 Å². The van der Waals surface area contributed by atoms with Crippen molar-refractivity contribution in [2.75, 3.05) is 62.2 Å². The van der Waals surface area contributed by atoms with E-state index in [9.17, 15) is 24.3 Å². The number of nitrogens with one attached hydrogen (secondary N) is 2. The Labute approximate surface area is 396 Å². The number of hydrogen-bond acceptors (Lipinski definition) is 13. The number of aromatic hydroxyl groups is 1. The number of rotatable bonds is 9. The number of hydrogen-bond donors (Lipinski definition) is 3. The molecule has 3 aromatic carbocycles. The summed E-state index contributed by atoms with van der Waals surface area (Å²) < 4.78 is 38.7. The van der Waals surface area contributed by atoms with Gasteiger partial charge in [-0.15, -0.1) is 6.42 Å². The molecule has 1 aliphatic carbocycles. The Hall–Kier alpha value is -6.77. The number of piperidine rings is 3. The lowest BCUT2D eigenvalue weighted by atomic mass is 9.71. The smallest absolute Gasteiger partial charge is 0.319 e. The summed E-state index contributed by atoms with van der Waals surface area (Å²) >= 11 is 0. The van der Waals surface area contributed by atoms with Gasteiger partial charge in [0, 0.05) is 79.5 Å². The van der Waals surface area contributed by atoms with Crippen molar-refractivity contribution < 1.29 is 37.8 Å². The van der Waals surface area contributed by atoms with Gasteiger partial charge >= 0.3 is 6.01 Å². The van der Waals surface area contributed by atoms with Crippen LogP contribution in [0.3, 0.4) is 0 Å². The van der Waals surface area contributed by atoms with Gasteiger partial charge < -0.3 is 29.9 Å². The molecule has 3 atom stereocenters. The van der Waals surface area contributed by atoms with Crippen molar-refractivity contribution in [1.29, 1.82) is 0 Å². The van der Waals surface area contributed by atoms with Crippen molar-refractivity contribution >= 4 is 56.8 Å². The molecule has 17 heteroatoms. The maximum atomic E-state index is 17.1. The first-order chi connectivity index (χ1) is 33.4. The number of piperazine rings is 1. The first-order valence-electron chi connectivity index (χ1n) is 24.1. The highest BCUT2D eigenvalue weighted by atomic mass is 19.1. The summed E-state index contributed by atoms with van der Waals surface area (Å²) in [5, 5.41) is 17.8. The van der Waals surface area contributed by atoms with Crippen LogP contribution in [-0.4, -0.2) is 124 Å². The highest BCUT2D eigenvalue weighted by Crippen LogP contribution is 2.49. The van der Waals surface area contributed by atoms with E-state index < -0.39 is 41.3 Å². The molecule has 354 valence electrons. The maximum absolute atomic E-state index is 17.1. The van der Waals surface area contributed by atoms with Crippen molar-refractivity contribution in [1.82, 2.24) is 35.4 Å². The third-order valence-corrected chi connectivity index (χ3v) is 16.2.